The molecule has 4 rings (SSSR count). The Morgan fingerprint density at radius 3 is 2.37 bits per heavy atom. The summed E-state index contributed by atoms with van der Waals surface area (Å²) in [7, 11) is -3.58. The van der Waals surface area contributed by atoms with Crippen LogP contribution in [0.3, 0.4) is 0 Å². The van der Waals surface area contributed by atoms with E-state index < -0.39 is 33.5 Å². The molecule has 0 N–H and O–H groups in total. The molecule has 0 radical (unpaired) electrons. The van der Waals surface area contributed by atoms with E-state index in [1.807, 2.05) is 0 Å². The number of sulfone groups is 1. The maximum Gasteiger partial charge on any atom is 0.417 e. The quantitative estimate of drug-likeness (QED) is 0.540. The lowest BCUT2D eigenvalue weighted by atomic mass is 10.0. The summed E-state index contributed by atoms with van der Waals surface area (Å²) in [5.41, 5.74) is -0.919. The summed E-state index contributed by atoms with van der Waals surface area (Å²) in [5, 5.41) is -0.0899. The van der Waals surface area contributed by atoms with Crippen LogP contribution in [-0.2, 0) is 20.8 Å². The van der Waals surface area contributed by atoms with E-state index in [2.05, 4.69) is 4.98 Å². The number of likely N-dealkylation sites (tertiary alicyclic amines) is 1. The molecule has 2 saturated heterocycles. The Labute approximate surface area is 204 Å². The number of amides is 1. The van der Waals surface area contributed by atoms with Crippen LogP contribution >= 0.6 is 11.6 Å². The largest absolute Gasteiger partial charge is 0.477 e. The molecule has 2 aliphatic rings. The third-order valence-electron chi connectivity index (χ3n) is 6.15. The lowest BCUT2D eigenvalue weighted by Crippen LogP contribution is -2.47. The van der Waals surface area contributed by atoms with Crippen molar-refractivity contribution in [3.8, 4) is 5.75 Å². The highest BCUT2D eigenvalue weighted by atomic mass is 35.5. The van der Waals surface area contributed by atoms with Gasteiger partial charge >= 0.3 is 6.18 Å². The van der Waals surface area contributed by atoms with Crippen LogP contribution in [0.5, 0.6) is 5.75 Å². The van der Waals surface area contributed by atoms with E-state index in [4.69, 9.17) is 16.3 Å². The molecule has 35 heavy (non-hydrogen) atoms. The molecular weight excluding hydrogens is 514 g/mol. The molecule has 2 fully saturated rings. The second-order valence-electron chi connectivity index (χ2n) is 8.54. The summed E-state index contributed by atoms with van der Waals surface area (Å²) in [6, 6.07) is 4.02. The highest BCUT2D eigenvalue weighted by Crippen LogP contribution is 2.35. The van der Waals surface area contributed by atoms with Gasteiger partial charge in [0, 0.05) is 44.5 Å². The first-order valence-corrected chi connectivity index (χ1v) is 13.1. The number of halogens is 5. The van der Waals surface area contributed by atoms with Gasteiger partial charge < -0.3 is 14.5 Å². The minimum absolute atomic E-state index is 0.0899. The normalized spacial score (nSPS) is 19.9. The number of hydrogen-bond acceptors (Lipinski definition) is 6. The molecule has 0 bridgehead atoms. The van der Waals surface area contributed by atoms with Crippen LogP contribution in [0.4, 0.5) is 23.4 Å². The molecule has 7 nitrogen and oxygen atoms in total. The molecule has 2 aliphatic heterocycles. The lowest BCUT2D eigenvalue weighted by Gasteiger charge is -2.37. The molecule has 1 aromatic heterocycles. The minimum atomic E-state index is -4.53. The molecule has 1 amide bonds. The summed E-state index contributed by atoms with van der Waals surface area (Å²) in [4.78, 5) is 20.1. The Hall–Kier alpha value is -2.60. The molecule has 3 heterocycles. The van der Waals surface area contributed by atoms with Gasteiger partial charge in [0.15, 0.2) is 27.5 Å². The molecule has 2 aromatic rings. The SMILES string of the molecule is CS(=O)(=O)c1ccc(OC2CCN(C3CCN(c4ncc(C(F)(F)F)cc4Cl)CC3)C2=O)c(F)c1. The van der Waals surface area contributed by atoms with Gasteiger partial charge in [-0.25, -0.2) is 17.8 Å². The number of aromatic nitrogens is 1. The first kappa shape index (κ1) is 25.5. The first-order chi connectivity index (χ1) is 16.3. The second-order valence-corrected chi connectivity index (χ2v) is 11.0. The van der Waals surface area contributed by atoms with Gasteiger partial charge in [0.2, 0.25) is 0 Å². The topological polar surface area (TPSA) is 79.8 Å². The number of piperidine rings is 1. The molecule has 1 unspecified atom stereocenters. The number of nitrogens with zero attached hydrogens (tertiary/aromatic N) is 3. The summed E-state index contributed by atoms with van der Waals surface area (Å²) in [5.74, 6) is -1.09. The number of rotatable bonds is 5. The number of ether oxygens (including phenoxy) is 1. The summed E-state index contributed by atoms with van der Waals surface area (Å²) >= 11 is 6.05. The molecule has 1 atom stereocenters. The highest BCUT2D eigenvalue weighted by Gasteiger charge is 2.39. The van der Waals surface area contributed by atoms with Gasteiger partial charge in [-0.1, -0.05) is 11.6 Å². The van der Waals surface area contributed by atoms with Gasteiger partial charge in [-0.3, -0.25) is 4.79 Å². The minimum Gasteiger partial charge on any atom is -0.477 e. The van der Waals surface area contributed by atoms with Crippen LogP contribution < -0.4 is 9.64 Å². The van der Waals surface area contributed by atoms with Gasteiger partial charge in [-0.05, 0) is 37.1 Å². The Morgan fingerprint density at radius 1 is 1.11 bits per heavy atom. The van der Waals surface area contributed by atoms with Crippen LogP contribution in [0.15, 0.2) is 35.4 Å². The molecule has 1 aromatic carbocycles. The van der Waals surface area contributed by atoms with Crippen LogP contribution in [0.1, 0.15) is 24.8 Å². The van der Waals surface area contributed by atoms with Crippen molar-refractivity contribution in [3.63, 3.8) is 0 Å². The van der Waals surface area contributed by atoms with Crippen LogP contribution in [0.25, 0.3) is 0 Å². The van der Waals surface area contributed by atoms with Gasteiger partial charge in [-0.15, -0.1) is 0 Å². The summed E-state index contributed by atoms with van der Waals surface area (Å²) in [6.07, 6.45) is -2.26. The average Bonchev–Trinajstić information content (AvgIpc) is 3.14. The van der Waals surface area contributed by atoms with E-state index in [1.54, 1.807) is 9.80 Å². The molecule has 13 heteroatoms. The maximum absolute atomic E-state index is 14.3. The number of alkyl halides is 3. The molecule has 0 saturated carbocycles. The van der Waals surface area contributed by atoms with Crippen molar-refractivity contribution >= 4 is 33.2 Å². The summed E-state index contributed by atoms with van der Waals surface area (Å²) in [6.45, 7) is 1.30. The van der Waals surface area contributed by atoms with E-state index >= 15 is 0 Å². The Kier molecular flexibility index (Phi) is 6.89. The van der Waals surface area contributed by atoms with Crippen molar-refractivity contribution in [1.29, 1.82) is 0 Å². The third kappa shape index (κ3) is 5.48. The van der Waals surface area contributed by atoms with Crippen molar-refractivity contribution in [2.24, 2.45) is 0 Å². The van der Waals surface area contributed by atoms with Gasteiger partial charge in [0.25, 0.3) is 5.91 Å². The Bertz CT molecular complexity index is 1230. The van der Waals surface area contributed by atoms with Crippen LogP contribution in [-0.4, -0.2) is 62.2 Å². The lowest BCUT2D eigenvalue weighted by molar-refractivity contribution is -0.138. The van der Waals surface area contributed by atoms with E-state index in [-0.39, 0.29) is 33.4 Å². The summed E-state index contributed by atoms with van der Waals surface area (Å²) < 4.78 is 81.6. The van der Waals surface area contributed by atoms with E-state index in [9.17, 15) is 30.8 Å². The van der Waals surface area contributed by atoms with Gasteiger partial charge in [0.1, 0.15) is 5.82 Å². The number of benzene rings is 1. The van der Waals surface area contributed by atoms with E-state index in [0.29, 0.717) is 38.9 Å². The monoisotopic (exact) mass is 535 g/mol. The van der Waals surface area contributed by atoms with Gasteiger partial charge in [0.05, 0.1) is 15.5 Å². The molecule has 0 aliphatic carbocycles. The molecule has 190 valence electrons. The Balaban J connectivity index is 1.36. The highest BCUT2D eigenvalue weighted by molar-refractivity contribution is 7.90. The zero-order valence-corrected chi connectivity index (χ0v) is 20.1. The average molecular weight is 536 g/mol. The van der Waals surface area contributed by atoms with E-state index in [0.717, 1.165) is 24.6 Å². The van der Waals surface area contributed by atoms with Crippen molar-refractivity contribution < 1.29 is 35.5 Å². The Morgan fingerprint density at radius 2 is 1.80 bits per heavy atom. The smallest absolute Gasteiger partial charge is 0.417 e. The molecular formula is C22H22ClF4N3O4S. The number of hydrogen-bond donors (Lipinski definition) is 0. The number of anilines is 1. The van der Waals surface area contributed by atoms with Crippen molar-refractivity contribution in [2.75, 3.05) is 30.8 Å². The van der Waals surface area contributed by atoms with Crippen molar-refractivity contribution in [1.82, 2.24) is 9.88 Å². The zero-order valence-electron chi connectivity index (χ0n) is 18.6. The fraction of sp³-hybridized carbons (Fsp3) is 0.455. The van der Waals surface area contributed by atoms with E-state index in [1.165, 1.54) is 12.1 Å². The third-order valence-corrected chi connectivity index (χ3v) is 7.53. The zero-order chi connectivity index (χ0) is 25.5. The molecule has 0 spiro atoms. The standard InChI is InChI=1S/C22H22ClF4N3O4S/c1-35(32,33)15-2-3-18(17(24)11-15)34-19-6-9-30(21(19)31)14-4-7-29(8-5-14)20-16(23)10-13(12-28-20)22(25,26)27/h2-3,10-12,14,19H,4-9H2,1H3. The predicted molar refractivity (Wildman–Crippen MR) is 120 cm³/mol. The number of pyridine rings is 1. The number of carbonyl (C=O) groups excluding carboxylic acids is 1. The fourth-order valence-electron chi connectivity index (χ4n) is 4.32. The van der Waals surface area contributed by atoms with Crippen molar-refractivity contribution in [3.05, 3.63) is 46.9 Å². The number of carbonyl (C=O) groups is 1. The predicted octanol–water partition coefficient (Wildman–Crippen LogP) is 3.95. The first-order valence-electron chi connectivity index (χ1n) is 10.8. The van der Waals surface area contributed by atoms with Gasteiger partial charge in [-0.2, -0.15) is 13.2 Å². The second kappa shape index (κ2) is 9.45. The van der Waals surface area contributed by atoms with Crippen LogP contribution in [0, 0.1) is 5.82 Å². The maximum atomic E-state index is 14.3. The van der Waals surface area contributed by atoms with Crippen LogP contribution in [0.2, 0.25) is 5.02 Å². The fourth-order valence-corrected chi connectivity index (χ4v) is 5.23. The van der Waals surface area contributed by atoms with Crippen molar-refractivity contribution in [2.45, 2.75) is 42.5 Å².